The second-order valence-electron chi connectivity index (χ2n) is 4.88. The number of nitrogens with one attached hydrogen (secondary N) is 2. The number of benzene rings is 1. The van der Waals surface area contributed by atoms with Gasteiger partial charge in [-0.1, -0.05) is 18.2 Å². The normalized spacial score (nSPS) is 17.2. The van der Waals surface area contributed by atoms with E-state index in [1.54, 1.807) is 30.3 Å². The van der Waals surface area contributed by atoms with Crippen LogP contribution in [-0.2, 0) is 14.8 Å². The van der Waals surface area contributed by atoms with E-state index in [1.165, 1.54) is 0 Å². The lowest BCUT2D eigenvalue weighted by Gasteiger charge is -2.22. The molecule has 0 spiro atoms. The van der Waals surface area contributed by atoms with E-state index in [0.717, 1.165) is 25.9 Å². The zero-order valence-electron chi connectivity index (χ0n) is 11.5. The Hall–Kier alpha value is -0.950. The van der Waals surface area contributed by atoms with Gasteiger partial charge in [-0.05, 0) is 44.5 Å². The average Bonchev–Trinajstić information content (AvgIpc) is 2.49. The summed E-state index contributed by atoms with van der Waals surface area (Å²) in [6, 6.07) is 8.41. The van der Waals surface area contributed by atoms with E-state index < -0.39 is 10.0 Å². The van der Waals surface area contributed by atoms with Crippen molar-refractivity contribution in [2.24, 2.45) is 0 Å². The Kier molecular flexibility index (Phi) is 5.97. The molecule has 0 unspecified atom stereocenters. The van der Waals surface area contributed by atoms with Gasteiger partial charge < -0.3 is 10.1 Å². The predicted octanol–water partition coefficient (Wildman–Crippen LogP) is 1.12. The summed E-state index contributed by atoms with van der Waals surface area (Å²) in [4.78, 5) is 0.305. The highest BCUT2D eigenvalue weighted by Crippen LogP contribution is 2.08. The summed E-state index contributed by atoms with van der Waals surface area (Å²) in [5.41, 5.74) is 0. The Balaban J connectivity index is 1.65. The molecule has 1 aromatic carbocycles. The maximum absolute atomic E-state index is 11.9. The Morgan fingerprint density at radius 2 is 1.90 bits per heavy atom. The van der Waals surface area contributed by atoms with Gasteiger partial charge in [0.25, 0.3) is 0 Å². The van der Waals surface area contributed by atoms with Gasteiger partial charge in [0, 0.05) is 13.2 Å². The minimum absolute atomic E-state index is 0.305. The van der Waals surface area contributed by atoms with E-state index in [2.05, 4.69) is 10.0 Å². The number of ether oxygens (including phenoxy) is 1. The van der Waals surface area contributed by atoms with Crippen molar-refractivity contribution in [3.05, 3.63) is 30.3 Å². The highest BCUT2D eigenvalue weighted by Gasteiger charge is 2.14. The molecule has 1 heterocycles. The molecule has 1 fully saturated rings. The molecule has 20 heavy (non-hydrogen) atoms. The molecular weight excluding hydrogens is 276 g/mol. The van der Waals surface area contributed by atoms with E-state index in [-0.39, 0.29) is 0 Å². The molecular formula is C14H22N2O3S. The van der Waals surface area contributed by atoms with Crippen LogP contribution in [0.15, 0.2) is 35.2 Å². The summed E-state index contributed by atoms with van der Waals surface area (Å²) < 4.78 is 32.2. The molecule has 0 saturated carbocycles. The standard InChI is InChI=1S/C14H22N2O3S/c17-20(18,14-5-2-1-3-6-14)16-9-4-12-19-13-7-10-15-11-8-13/h1-3,5-6,13,15-16H,4,7-12H2. The highest BCUT2D eigenvalue weighted by molar-refractivity contribution is 7.89. The topological polar surface area (TPSA) is 67.4 Å². The molecule has 0 aliphatic carbocycles. The summed E-state index contributed by atoms with van der Waals surface area (Å²) in [5.74, 6) is 0. The fourth-order valence-corrected chi connectivity index (χ4v) is 3.27. The van der Waals surface area contributed by atoms with Gasteiger partial charge in [-0.3, -0.25) is 0 Å². The third-order valence-corrected chi connectivity index (χ3v) is 4.78. The van der Waals surface area contributed by atoms with Gasteiger partial charge in [0.1, 0.15) is 0 Å². The van der Waals surface area contributed by atoms with Crippen molar-refractivity contribution >= 4 is 10.0 Å². The molecule has 6 heteroatoms. The number of hydrogen-bond acceptors (Lipinski definition) is 4. The highest BCUT2D eigenvalue weighted by atomic mass is 32.2. The fourth-order valence-electron chi connectivity index (χ4n) is 2.17. The second-order valence-corrected chi connectivity index (χ2v) is 6.65. The van der Waals surface area contributed by atoms with Crippen LogP contribution >= 0.6 is 0 Å². The number of sulfonamides is 1. The molecule has 1 aromatic rings. The summed E-state index contributed by atoms with van der Waals surface area (Å²) in [5, 5.41) is 3.28. The Bertz CT molecular complexity index is 484. The maximum Gasteiger partial charge on any atom is 0.240 e. The SMILES string of the molecule is O=S(=O)(NCCCOC1CCNCC1)c1ccccc1. The first-order valence-corrected chi connectivity index (χ1v) is 8.54. The van der Waals surface area contributed by atoms with Gasteiger partial charge in [-0.25, -0.2) is 13.1 Å². The molecule has 0 radical (unpaired) electrons. The van der Waals surface area contributed by atoms with Crippen molar-refractivity contribution in [1.82, 2.24) is 10.0 Å². The predicted molar refractivity (Wildman–Crippen MR) is 78.1 cm³/mol. The van der Waals surface area contributed by atoms with E-state index in [1.807, 2.05) is 0 Å². The van der Waals surface area contributed by atoms with Crippen LogP contribution in [0.2, 0.25) is 0 Å². The van der Waals surface area contributed by atoms with Gasteiger partial charge >= 0.3 is 0 Å². The zero-order chi connectivity index (χ0) is 14.3. The monoisotopic (exact) mass is 298 g/mol. The molecule has 112 valence electrons. The molecule has 1 aliphatic rings. The number of hydrogen-bond donors (Lipinski definition) is 2. The minimum atomic E-state index is -3.38. The molecule has 1 aliphatic heterocycles. The van der Waals surface area contributed by atoms with Crippen molar-refractivity contribution in [3.63, 3.8) is 0 Å². The molecule has 5 nitrogen and oxygen atoms in total. The van der Waals surface area contributed by atoms with Crippen molar-refractivity contribution in [3.8, 4) is 0 Å². The van der Waals surface area contributed by atoms with Crippen LogP contribution in [-0.4, -0.2) is 40.8 Å². The van der Waals surface area contributed by atoms with Gasteiger partial charge in [0.05, 0.1) is 11.0 Å². The molecule has 2 rings (SSSR count). The first-order valence-electron chi connectivity index (χ1n) is 7.05. The van der Waals surface area contributed by atoms with E-state index in [4.69, 9.17) is 4.74 Å². The van der Waals surface area contributed by atoms with Crippen LogP contribution in [0.5, 0.6) is 0 Å². The Morgan fingerprint density at radius 3 is 2.60 bits per heavy atom. The van der Waals surface area contributed by atoms with Gasteiger partial charge in [0.2, 0.25) is 10.0 Å². The van der Waals surface area contributed by atoms with E-state index >= 15 is 0 Å². The lowest BCUT2D eigenvalue weighted by molar-refractivity contribution is 0.0322. The molecule has 0 bridgehead atoms. The summed E-state index contributed by atoms with van der Waals surface area (Å²) in [6.45, 7) is 3.01. The van der Waals surface area contributed by atoms with Crippen LogP contribution in [0.25, 0.3) is 0 Å². The van der Waals surface area contributed by atoms with Crippen LogP contribution in [0, 0.1) is 0 Å². The third-order valence-electron chi connectivity index (χ3n) is 3.31. The van der Waals surface area contributed by atoms with Crippen LogP contribution in [0.1, 0.15) is 19.3 Å². The second kappa shape index (κ2) is 7.73. The van der Waals surface area contributed by atoms with Crippen molar-refractivity contribution in [1.29, 1.82) is 0 Å². The Morgan fingerprint density at radius 1 is 1.20 bits per heavy atom. The molecule has 1 saturated heterocycles. The van der Waals surface area contributed by atoms with Gasteiger partial charge in [-0.15, -0.1) is 0 Å². The third kappa shape index (κ3) is 4.86. The Labute approximate surface area is 120 Å². The quantitative estimate of drug-likeness (QED) is 0.740. The van der Waals surface area contributed by atoms with Crippen LogP contribution in [0.4, 0.5) is 0 Å². The molecule has 0 amide bonds. The van der Waals surface area contributed by atoms with Crippen LogP contribution in [0.3, 0.4) is 0 Å². The number of piperidine rings is 1. The minimum Gasteiger partial charge on any atom is -0.378 e. The lowest BCUT2D eigenvalue weighted by atomic mass is 10.1. The van der Waals surface area contributed by atoms with E-state index in [0.29, 0.717) is 30.6 Å². The van der Waals surface area contributed by atoms with Crippen molar-refractivity contribution in [2.45, 2.75) is 30.3 Å². The van der Waals surface area contributed by atoms with Gasteiger partial charge in [-0.2, -0.15) is 0 Å². The molecule has 0 aromatic heterocycles. The van der Waals surface area contributed by atoms with Crippen molar-refractivity contribution < 1.29 is 13.2 Å². The fraction of sp³-hybridized carbons (Fsp3) is 0.571. The number of rotatable bonds is 7. The zero-order valence-corrected chi connectivity index (χ0v) is 12.4. The molecule has 2 N–H and O–H groups in total. The largest absolute Gasteiger partial charge is 0.378 e. The smallest absolute Gasteiger partial charge is 0.240 e. The van der Waals surface area contributed by atoms with Crippen molar-refractivity contribution in [2.75, 3.05) is 26.2 Å². The first-order chi connectivity index (χ1) is 9.68. The maximum atomic E-state index is 11.9. The summed E-state index contributed by atoms with van der Waals surface area (Å²) in [7, 11) is -3.38. The van der Waals surface area contributed by atoms with Crippen LogP contribution < -0.4 is 10.0 Å². The van der Waals surface area contributed by atoms with E-state index in [9.17, 15) is 8.42 Å². The average molecular weight is 298 g/mol. The summed E-state index contributed by atoms with van der Waals surface area (Å²) >= 11 is 0. The lowest BCUT2D eigenvalue weighted by Crippen LogP contribution is -2.33. The molecule has 0 atom stereocenters. The summed E-state index contributed by atoms with van der Waals surface area (Å²) in [6.07, 6.45) is 3.09. The van der Waals surface area contributed by atoms with Gasteiger partial charge in [0.15, 0.2) is 0 Å². The first kappa shape index (κ1) is 15.4.